The predicted molar refractivity (Wildman–Crippen MR) is 79.1 cm³/mol. The summed E-state index contributed by atoms with van der Waals surface area (Å²) in [6.45, 7) is 0.587. The molecule has 1 aliphatic heterocycles. The molecule has 2 unspecified atom stereocenters. The molecule has 0 spiro atoms. The van der Waals surface area contributed by atoms with Crippen molar-refractivity contribution in [3.8, 4) is 0 Å². The van der Waals surface area contributed by atoms with Gasteiger partial charge in [0.1, 0.15) is 6.04 Å². The highest BCUT2D eigenvalue weighted by Gasteiger charge is 2.35. The van der Waals surface area contributed by atoms with Gasteiger partial charge in [-0.1, -0.05) is 24.3 Å². The number of fused-ring (bicyclic) bond motifs is 1. The molecule has 1 N–H and O–H groups in total. The molecule has 1 heterocycles. The lowest BCUT2D eigenvalue weighted by molar-refractivity contribution is -0.148. The first kappa shape index (κ1) is 14.1. The van der Waals surface area contributed by atoms with Crippen molar-refractivity contribution in [1.29, 1.82) is 0 Å². The van der Waals surface area contributed by atoms with E-state index in [0.29, 0.717) is 19.4 Å². The van der Waals surface area contributed by atoms with Gasteiger partial charge in [-0.15, -0.1) is 0 Å². The minimum atomic E-state index is -0.870. The van der Waals surface area contributed by atoms with Crippen LogP contribution in [0.2, 0.25) is 0 Å². The van der Waals surface area contributed by atoms with Crippen LogP contribution in [-0.4, -0.2) is 34.5 Å². The SMILES string of the molecule is O=C(O)C1CCCN1C(=O)CC1CCCc2ccccc21. The van der Waals surface area contributed by atoms with E-state index in [2.05, 4.69) is 12.1 Å². The van der Waals surface area contributed by atoms with Gasteiger partial charge in [0.05, 0.1) is 0 Å². The van der Waals surface area contributed by atoms with Crippen LogP contribution >= 0.6 is 0 Å². The van der Waals surface area contributed by atoms with Crippen LogP contribution < -0.4 is 0 Å². The molecule has 0 bridgehead atoms. The van der Waals surface area contributed by atoms with Crippen molar-refractivity contribution < 1.29 is 14.7 Å². The number of carbonyl (C=O) groups excluding carboxylic acids is 1. The Bertz CT molecular complexity index is 555. The van der Waals surface area contributed by atoms with Gasteiger partial charge >= 0.3 is 5.97 Å². The van der Waals surface area contributed by atoms with Crippen molar-refractivity contribution in [3.05, 3.63) is 35.4 Å². The fourth-order valence-corrected chi connectivity index (χ4v) is 3.72. The van der Waals surface area contributed by atoms with Crippen LogP contribution in [0.3, 0.4) is 0 Å². The van der Waals surface area contributed by atoms with Gasteiger partial charge in [-0.25, -0.2) is 4.79 Å². The molecule has 0 radical (unpaired) electrons. The van der Waals surface area contributed by atoms with Gasteiger partial charge in [-0.3, -0.25) is 4.79 Å². The van der Waals surface area contributed by atoms with Crippen LogP contribution in [0.5, 0.6) is 0 Å². The van der Waals surface area contributed by atoms with Crippen molar-refractivity contribution in [1.82, 2.24) is 4.90 Å². The van der Waals surface area contributed by atoms with E-state index in [1.165, 1.54) is 11.1 Å². The number of benzene rings is 1. The van der Waals surface area contributed by atoms with E-state index in [1.807, 2.05) is 12.1 Å². The lowest BCUT2D eigenvalue weighted by Crippen LogP contribution is -2.41. The normalized spacial score (nSPS) is 24.7. The minimum absolute atomic E-state index is 0.00148. The van der Waals surface area contributed by atoms with Crippen molar-refractivity contribution in [2.24, 2.45) is 0 Å². The molecule has 1 aromatic carbocycles. The van der Waals surface area contributed by atoms with Gasteiger partial charge < -0.3 is 10.0 Å². The third-order valence-electron chi connectivity index (χ3n) is 4.77. The van der Waals surface area contributed by atoms with Crippen molar-refractivity contribution in [3.63, 3.8) is 0 Å². The first-order valence-corrected chi connectivity index (χ1v) is 7.77. The molecule has 112 valence electrons. The van der Waals surface area contributed by atoms with Crippen LogP contribution in [-0.2, 0) is 16.0 Å². The van der Waals surface area contributed by atoms with Crippen molar-refractivity contribution >= 4 is 11.9 Å². The smallest absolute Gasteiger partial charge is 0.326 e. The molecular formula is C17H21NO3. The standard InChI is InChI=1S/C17H21NO3/c19-16(18-10-4-9-15(18)17(20)21)11-13-7-3-6-12-5-1-2-8-14(12)13/h1-2,5,8,13,15H,3-4,6-7,9-11H2,(H,20,21). The minimum Gasteiger partial charge on any atom is -0.480 e. The molecule has 2 atom stereocenters. The second-order valence-corrected chi connectivity index (χ2v) is 6.08. The average Bonchev–Trinajstić information content (AvgIpc) is 2.97. The van der Waals surface area contributed by atoms with Gasteiger partial charge in [0.2, 0.25) is 5.91 Å². The molecule has 0 saturated carbocycles. The Morgan fingerprint density at radius 1 is 1.19 bits per heavy atom. The molecule has 3 rings (SSSR count). The van der Waals surface area contributed by atoms with Crippen LogP contribution in [0, 0.1) is 0 Å². The second kappa shape index (κ2) is 5.88. The molecule has 1 saturated heterocycles. The highest BCUT2D eigenvalue weighted by molar-refractivity contribution is 5.84. The number of carboxylic acids is 1. The summed E-state index contributed by atoms with van der Waals surface area (Å²) in [5.74, 6) is -0.621. The van der Waals surface area contributed by atoms with Gasteiger partial charge in [0.15, 0.2) is 0 Å². The molecule has 4 heteroatoms. The third-order valence-corrected chi connectivity index (χ3v) is 4.77. The van der Waals surface area contributed by atoms with E-state index in [-0.39, 0.29) is 11.8 Å². The zero-order valence-electron chi connectivity index (χ0n) is 12.1. The molecule has 2 aliphatic rings. The van der Waals surface area contributed by atoms with Crippen molar-refractivity contribution in [2.45, 2.75) is 50.5 Å². The fraction of sp³-hybridized carbons (Fsp3) is 0.529. The first-order valence-electron chi connectivity index (χ1n) is 7.77. The van der Waals surface area contributed by atoms with E-state index in [1.54, 1.807) is 4.90 Å². The summed E-state index contributed by atoms with van der Waals surface area (Å²) in [6.07, 6.45) is 5.04. The molecular weight excluding hydrogens is 266 g/mol. The number of aliphatic carboxylic acids is 1. The Kier molecular flexibility index (Phi) is 3.95. The number of carbonyl (C=O) groups is 2. The van der Waals surface area contributed by atoms with Gasteiger partial charge in [0.25, 0.3) is 0 Å². The molecule has 1 aliphatic carbocycles. The third kappa shape index (κ3) is 2.80. The average molecular weight is 287 g/mol. The van der Waals surface area contributed by atoms with Crippen LogP contribution in [0.1, 0.15) is 49.1 Å². The number of amides is 1. The number of likely N-dealkylation sites (tertiary alicyclic amines) is 1. The molecule has 21 heavy (non-hydrogen) atoms. The number of rotatable bonds is 3. The number of nitrogens with zero attached hydrogens (tertiary/aromatic N) is 1. The maximum absolute atomic E-state index is 12.5. The summed E-state index contributed by atoms with van der Waals surface area (Å²) in [6, 6.07) is 7.71. The maximum atomic E-state index is 12.5. The Balaban J connectivity index is 1.73. The summed E-state index contributed by atoms with van der Waals surface area (Å²) >= 11 is 0. The molecule has 1 amide bonds. The summed E-state index contributed by atoms with van der Waals surface area (Å²) in [5, 5.41) is 9.20. The Hall–Kier alpha value is -1.84. The fourth-order valence-electron chi connectivity index (χ4n) is 3.72. The zero-order valence-corrected chi connectivity index (χ0v) is 12.1. The second-order valence-electron chi connectivity index (χ2n) is 6.08. The number of hydrogen-bond donors (Lipinski definition) is 1. The van der Waals surface area contributed by atoms with Crippen molar-refractivity contribution in [2.75, 3.05) is 6.54 Å². The molecule has 1 fully saturated rings. The van der Waals surface area contributed by atoms with E-state index in [9.17, 15) is 14.7 Å². The number of hydrogen-bond acceptors (Lipinski definition) is 2. The van der Waals surface area contributed by atoms with Crippen LogP contribution in [0.25, 0.3) is 0 Å². The molecule has 1 aromatic rings. The topological polar surface area (TPSA) is 57.6 Å². The van der Waals surface area contributed by atoms with Crippen LogP contribution in [0.4, 0.5) is 0 Å². The quantitative estimate of drug-likeness (QED) is 0.929. The number of carboxylic acid groups (broad SMARTS) is 1. The zero-order chi connectivity index (χ0) is 14.8. The van der Waals surface area contributed by atoms with Gasteiger partial charge in [-0.2, -0.15) is 0 Å². The molecule has 4 nitrogen and oxygen atoms in total. The summed E-state index contributed by atoms with van der Waals surface area (Å²) in [5.41, 5.74) is 2.63. The largest absolute Gasteiger partial charge is 0.480 e. The van der Waals surface area contributed by atoms with E-state index in [0.717, 1.165) is 25.7 Å². The summed E-state index contributed by atoms with van der Waals surface area (Å²) in [4.78, 5) is 25.3. The Morgan fingerprint density at radius 3 is 2.81 bits per heavy atom. The van der Waals surface area contributed by atoms with Crippen LogP contribution in [0.15, 0.2) is 24.3 Å². The highest BCUT2D eigenvalue weighted by Crippen LogP contribution is 2.34. The van der Waals surface area contributed by atoms with Gasteiger partial charge in [-0.05, 0) is 49.1 Å². The summed E-state index contributed by atoms with van der Waals surface area (Å²) in [7, 11) is 0. The van der Waals surface area contributed by atoms with E-state index in [4.69, 9.17) is 0 Å². The first-order chi connectivity index (χ1) is 10.2. The predicted octanol–water partition coefficient (Wildman–Crippen LogP) is 2.57. The maximum Gasteiger partial charge on any atom is 0.326 e. The lowest BCUT2D eigenvalue weighted by atomic mass is 9.81. The monoisotopic (exact) mass is 287 g/mol. The molecule has 0 aromatic heterocycles. The van der Waals surface area contributed by atoms with E-state index < -0.39 is 12.0 Å². The summed E-state index contributed by atoms with van der Waals surface area (Å²) < 4.78 is 0. The highest BCUT2D eigenvalue weighted by atomic mass is 16.4. The Morgan fingerprint density at radius 2 is 2.00 bits per heavy atom. The Labute approximate surface area is 124 Å². The lowest BCUT2D eigenvalue weighted by Gasteiger charge is -2.28. The van der Waals surface area contributed by atoms with E-state index >= 15 is 0 Å². The van der Waals surface area contributed by atoms with Gasteiger partial charge in [0, 0.05) is 13.0 Å². The number of aryl methyl sites for hydroxylation is 1.